The number of nitrogens with two attached hydrogens (primary N) is 2. The van der Waals surface area contributed by atoms with Gasteiger partial charge in [-0.2, -0.15) is 0 Å². The number of carbonyl (C=O) groups excluding carboxylic acids is 2. The summed E-state index contributed by atoms with van der Waals surface area (Å²) < 4.78 is 0. The molecule has 12 heavy (non-hydrogen) atoms. The fourth-order valence-electron chi connectivity index (χ4n) is 0.991. The summed E-state index contributed by atoms with van der Waals surface area (Å²) in [5, 5.41) is 8.96. The Labute approximate surface area is 69.1 Å². The van der Waals surface area contributed by atoms with Crippen molar-refractivity contribution in [1.82, 2.24) is 4.90 Å². The van der Waals surface area contributed by atoms with Gasteiger partial charge in [0.25, 0.3) is 0 Å². The third-order valence-electron chi connectivity index (χ3n) is 1.77. The first-order valence-corrected chi connectivity index (χ1v) is 3.54. The molecule has 1 fully saturated rings. The third-order valence-corrected chi connectivity index (χ3v) is 1.77. The van der Waals surface area contributed by atoms with E-state index in [0.717, 1.165) is 0 Å². The maximum Gasteiger partial charge on any atom is 0.248 e. The number of hydrogen-bond acceptors (Lipinski definition) is 4. The van der Waals surface area contributed by atoms with Crippen LogP contribution in [0.1, 0.15) is 0 Å². The third kappa shape index (κ3) is 1.54. The van der Waals surface area contributed by atoms with Gasteiger partial charge in [0.05, 0.1) is 6.54 Å². The van der Waals surface area contributed by atoms with Crippen molar-refractivity contribution in [3.05, 3.63) is 0 Å². The van der Waals surface area contributed by atoms with Crippen molar-refractivity contribution in [3.8, 4) is 0 Å². The molecule has 0 bridgehead atoms. The quantitative estimate of drug-likeness (QED) is 0.395. The average Bonchev–Trinajstić information content (AvgIpc) is 2.03. The van der Waals surface area contributed by atoms with Crippen molar-refractivity contribution in [1.29, 1.82) is 0 Å². The van der Waals surface area contributed by atoms with Crippen LogP contribution in [0.4, 0.5) is 0 Å². The minimum atomic E-state index is -1.29. The Kier molecular flexibility index (Phi) is 2.30. The first-order chi connectivity index (χ1) is 5.52. The smallest absolute Gasteiger partial charge is 0.248 e. The van der Waals surface area contributed by atoms with Crippen molar-refractivity contribution < 1.29 is 14.7 Å². The number of likely N-dealkylation sites (tertiary alicyclic amines) is 1. The van der Waals surface area contributed by atoms with Gasteiger partial charge in [-0.3, -0.25) is 9.59 Å². The van der Waals surface area contributed by atoms with E-state index in [2.05, 4.69) is 0 Å². The van der Waals surface area contributed by atoms with Crippen LogP contribution in [0.2, 0.25) is 0 Å². The summed E-state index contributed by atoms with van der Waals surface area (Å²) in [5.41, 5.74) is 10.1. The zero-order chi connectivity index (χ0) is 9.30. The molecule has 1 aliphatic rings. The molecule has 1 aliphatic heterocycles. The molecule has 0 aromatic rings. The first kappa shape index (κ1) is 8.95. The molecule has 1 heterocycles. The van der Waals surface area contributed by atoms with Gasteiger partial charge in [0.1, 0.15) is 12.1 Å². The number of primary amides is 1. The van der Waals surface area contributed by atoms with Crippen LogP contribution in [0.5, 0.6) is 0 Å². The lowest BCUT2D eigenvalue weighted by atomic mass is 10.1. The standard InChI is InChI=1S/C6H11N3O3/c7-3-1-9(6(3)12)2-4(10)5(8)11/h3-4,10H,1-2,7H2,(H2,8,11). The predicted octanol–water partition coefficient (Wildman–Crippen LogP) is -3.00. The van der Waals surface area contributed by atoms with Crippen LogP contribution in [0, 0.1) is 0 Å². The summed E-state index contributed by atoms with van der Waals surface area (Å²) in [6.07, 6.45) is -1.29. The fourth-order valence-corrected chi connectivity index (χ4v) is 0.991. The molecule has 1 rings (SSSR count). The second kappa shape index (κ2) is 3.08. The van der Waals surface area contributed by atoms with Crippen LogP contribution in [0.25, 0.3) is 0 Å². The number of β-amino-alcohol motifs (C(OH)–C–C–N with tert-alkyl or cyclic N) is 1. The molecule has 6 nitrogen and oxygen atoms in total. The molecular weight excluding hydrogens is 162 g/mol. The van der Waals surface area contributed by atoms with E-state index in [-0.39, 0.29) is 12.5 Å². The van der Waals surface area contributed by atoms with E-state index >= 15 is 0 Å². The van der Waals surface area contributed by atoms with E-state index in [1.165, 1.54) is 4.90 Å². The predicted molar refractivity (Wildman–Crippen MR) is 39.8 cm³/mol. The molecule has 0 radical (unpaired) electrons. The van der Waals surface area contributed by atoms with Crippen LogP contribution in [-0.4, -0.2) is 47.1 Å². The molecule has 2 amide bonds. The lowest BCUT2D eigenvalue weighted by Crippen LogP contribution is -2.63. The zero-order valence-corrected chi connectivity index (χ0v) is 6.43. The lowest BCUT2D eigenvalue weighted by Gasteiger charge is -2.36. The number of aliphatic hydroxyl groups excluding tert-OH is 1. The van der Waals surface area contributed by atoms with Crippen LogP contribution in [0.3, 0.4) is 0 Å². The Morgan fingerprint density at radius 3 is 2.75 bits per heavy atom. The van der Waals surface area contributed by atoms with Crippen molar-refractivity contribution in [2.24, 2.45) is 11.5 Å². The van der Waals surface area contributed by atoms with E-state index in [1.54, 1.807) is 0 Å². The number of amides is 2. The van der Waals surface area contributed by atoms with Crippen molar-refractivity contribution >= 4 is 11.8 Å². The molecule has 6 heteroatoms. The maximum absolute atomic E-state index is 10.9. The number of nitrogens with zero attached hydrogens (tertiary/aromatic N) is 1. The highest BCUT2D eigenvalue weighted by Crippen LogP contribution is 2.07. The summed E-state index contributed by atoms with van der Waals surface area (Å²) in [7, 11) is 0. The lowest BCUT2D eigenvalue weighted by molar-refractivity contribution is -0.145. The van der Waals surface area contributed by atoms with E-state index in [4.69, 9.17) is 16.6 Å². The van der Waals surface area contributed by atoms with Gasteiger partial charge in [-0.15, -0.1) is 0 Å². The number of β-lactam (4-membered cyclic amide) rings is 1. The highest BCUT2D eigenvalue weighted by Gasteiger charge is 2.35. The Hall–Kier alpha value is -1.14. The molecule has 2 unspecified atom stereocenters. The van der Waals surface area contributed by atoms with E-state index in [1.807, 2.05) is 0 Å². The molecule has 0 aromatic heterocycles. The Morgan fingerprint density at radius 2 is 2.42 bits per heavy atom. The molecule has 5 N–H and O–H groups in total. The van der Waals surface area contributed by atoms with Gasteiger partial charge in [-0.25, -0.2) is 0 Å². The second-order valence-corrected chi connectivity index (χ2v) is 2.77. The van der Waals surface area contributed by atoms with Gasteiger partial charge >= 0.3 is 0 Å². The molecule has 2 atom stereocenters. The topological polar surface area (TPSA) is 110 Å². The monoisotopic (exact) mass is 173 g/mol. The normalized spacial score (nSPS) is 25.0. The molecular formula is C6H11N3O3. The average molecular weight is 173 g/mol. The number of hydrogen-bond donors (Lipinski definition) is 3. The Bertz CT molecular complexity index is 218. The van der Waals surface area contributed by atoms with Gasteiger partial charge in [0.15, 0.2) is 0 Å². The summed E-state index contributed by atoms with van der Waals surface area (Å²) in [4.78, 5) is 22.5. The summed E-state index contributed by atoms with van der Waals surface area (Å²) in [5.74, 6) is -1.08. The molecule has 68 valence electrons. The molecule has 0 saturated carbocycles. The van der Waals surface area contributed by atoms with Crippen LogP contribution < -0.4 is 11.5 Å². The maximum atomic E-state index is 10.9. The number of carbonyl (C=O) groups is 2. The highest BCUT2D eigenvalue weighted by molar-refractivity contribution is 5.88. The summed E-state index contributed by atoms with van der Waals surface area (Å²) in [6, 6.07) is -0.481. The zero-order valence-electron chi connectivity index (χ0n) is 6.43. The van der Waals surface area contributed by atoms with Crippen LogP contribution in [0.15, 0.2) is 0 Å². The van der Waals surface area contributed by atoms with Crippen molar-refractivity contribution in [2.45, 2.75) is 12.1 Å². The van der Waals surface area contributed by atoms with Crippen molar-refractivity contribution in [2.75, 3.05) is 13.1 Å². The largest absolute Gasteiger partial charge is 0.381 e. The minimum Gasteiger partial charge on any atom is -0.381 e. The van der Waals surface area contributed by atoms with Gasteiger partial charge in [-0.05, 0) is 0 Å². The Balaban J connectivity index is 2.34. The SMILES string of the molecule is NC(=O)C(O)CN1CC(N)C1=O. The highest BCUT2D eigenvalue weighted by atomic mass is 16.3. The van der Waals surface area contributed by atoms with Gasteiger partial charge < -0.3 is 21.5 Å². The van der Waals surface area contributed by atoms with E-state index in [0.29, 0.717) is 6.54 Å². The van der Waals surface area contributed by atoms with Crippen LogP contribution >= 0.6 is 0 Å². The summed E-state index contributed by atoms with van der Waals surface area (Å²) >= 11 is 0. The van der Waals surface area contributed by atoms with E-state index < -0.39 is 18.1 Å². The van der Waals surface area contributed by atoms with Gasteiger partial charge in [0, 0.05) is 6.54 Å². The first-order valence-electron chi connectivity index (χ1n) is 3.54. The minimum absolute atomic E-state index is 0.0537. The van der Waals surface area contributed by atoms with Crippen molar-refractivity contribution in [3.63, 3.8) is 0 Å². The summed E-state index contributed by atoms with van der Waals surface area (Å²) in [6.45, 7) is 0.324. The Morgan fingerprint density at radius 1 is 1.83 bits per heavy atom. The molecule has 0 aromatic carbocycles. The molecule has 1 saturated heterocycles. The molecule has 0 spiro atoms. The van der Waals surface area contributed by atoms with Gasteiger partial charge in [-0.1, -0.05) is 0 Å². The number of rotatable bonds is 3. The number of aliphatic hydroxyl groups is 1. The molecule has 0 aliphatic carbocycles. The van der Waals surface area contributed by atoms with Crippen LogP contribution in [-0.2, 0) is 9.59 Å². The second-order valence-electron chi connectivity index (χ2n) is 2.77. The van der Waals surface area contributed by atoms with E-state index in [9.17, 15) is 9.59 Å². The fraction of sp³-hybridized carbons (Fsp3) is 0.667. The van der Waals surface area contributed by atoms with Gasteiger partial charge in [0.2, 0.25) is 11.8 Å².